The highest BCUT2D eigenvalue weighted by Crippen LogP contribution is 2.50. The van der Waals surface area contributed by atoms with Gasteiger partial charge in [0.2, 0.25) is 12.7 Å². The maximum Gasteiger partial charge on any atom is 0.231 e. The molecular formula is C19H25NO5. The predicted molar refractivity (Wildman–Crippen MR) is 90.6 cm³/mol. The minimum atomic E-state index is -0.289. The number of carbonyl (C=O) groups is 1. The maximum atomic E-state index is 12.5. The third kappa shape index (κ3) is 2.87. The first-order chi connectivity index (χ1) is 12.1. The van der Waals surface area contributed by atoms with Gasteiger partial charge in [0.05, 0.1) is 12.2 Å². The second-order valence-corrected chi connectivity index (χ2v) is 7.28. The number of rotatable bonds is 4. The van der Waals surface area contributed by atoms with Crippen LogP contribution >= 0.6 is 0 Å². The van der Waals surface area contributed by atoms with Crippen LogP contribution in [0.3, 0.4) is 0 Å². The molecule has 4 rings (SSSR count). The highest BCUT2D eigenvalue weighted by Gasteiger charge is 2.56. The normalized spacial score (nSPS) is 26.6. The number of carbonyl (C=O) groups excluding carboxylic acids is 1. The molecule has 1 amide bonds. The van der Waals surface area contributed by atoms with E-state index in [0.29, 0.717) is 32.4 Å². The Morgan fingerprint density at radius 2 is 2.08 bits per heavy atom. The predicted octanol–water partition coefficient (Wildman–Crippen LogP) is 1.74. The lowest BCUT2D eigenvalue weighted by molar-refractivity contribution is -0.202. The van der Waals surface area contributed by atoms with Gasteiger partial charge in [0.25, 0.3) is 0 Å². The van der Waals surface area contributed by atoms with Gasteiger partial charge in [-0.3, -0.25) is 4.79 Å². The van der Waals surface area contributed by atoms with E-state index < -0.39 is 0 Å². The van der Waals surface area contributed by atoms with Crippen LogP contribution in [-0.2, 0) is 16.0 Å². The summed E-state index contributed by atoms with van der Waals surface area (Å²) in [6.45, 7) is 1.68. The lowest BCUT2D eigenvalue weighted by atomic mass is 9.58. The fraction of sp³-hybridized carbons (Fsp3) is 0.632. The molecule has 1 N–H and O–H groups in total. The second kappa shape index (κ2) is 6.50. The van der Waals surface area contributed by atoms with E-state index >= 15 is 0 Å². The summed E-state index contributed by atoms with van der Waals surface area (Å²) in [4.78, 5) is 14.5. The number of nitrogens with zero attached hydrogens (tertiary/aromatic N) is 1. The Morgan fingerprint density at radius 1 is 1.32 bits per heavy atom. The summed E-state index contributed by atoms with van der Waals surface area (Å²) in [7, 11) is 1.71. The molecule has 0 unspecified atom stereocenters. The molecule has 0 radical (unpaired) electrons. The number of ether oxygens (including phenoxy) is 3. The number of piperidine rings is 1. The molecule has 1 saturated heterocycles. The van der Waals surface area contributed by atoms with Gasteiger partial charge in [-0.1, -0.05) is 6.07 Å². The number of hydrogen-bond acceptors (Lipinski definition) is 5. The van der Waals surface area contributed by atoms with E-state index in [9.17, 15) is 9.90 Å². The number of likely N-dealkylation sites (tertiary alicyclic amines) is 1. The van der Waals surface area contributed by atoms with Crippen LogP contribution in [0.25, 0.3) is 0 Å². The largest absolute Gasteiger partial charge is 0.454 e. The van der Waals surface area contributed by atoms with Gasteiger partial charge in [-0.15, -0.1) is 0 Å². The van der Waals surface area contributed by atoms with Crippen LogP contribution < -0.4 is 9.47 Å². The van der Waals surface area contributed by atoms with E-state index in [1.807, 2.05) is 23.1 Å². The Balaban J connectivity index is 1.29. The van der Waals surface area contributed by atoms with Crippen molar-refractivity contribution >= 4 is 5.91 Å². The monoisotopic (exact) mass is 347 g/mol. The first kappa shape index (κ1) is 16.7. The Kier molecular flexibility index (Phi) is 4.33. The van der Waals surface area contributed by atoms with Crippen molar-refractivity contribution < 1.29 is 24.1 Å². The maximum absolute atomic E-state index is 12.5. The van der Waals surface area contributed by atoms with Gasteiger partial charge in [-0.05, 0) is 37.0 Å². The number of benzene rings is 1. The highest BCUT2D eigenvalue weighted by molar-refractivity contribution is 5.76. The molecule has 2 aliphatic heterocycles. The molecule has 2 fully saturated rings. The zero-order valence-electron chi connectivity index (χ0n) is 14.6. The average molecular weight is 347 g/mol. The molecule has 0 bridgehead atoms. The molecular weight excluding hydrogens is 322 g/mol. The van der Waals surface area contributed by atoms with Gasteiger partial charge in [-0.25, -0.2) is 0 Å². The fourth-order valence-electron chi connectivity index (χ4n) is 4.39. The quantitative estimate of drug-likeness (QED) is 0.898. The van der Waals surface area contributed by atoms with E-state index in [1.54, 1.807) is 7.11 Å². The standard InChI is InChI=1S/C19H25NO5/c1-23-17-11-16(21)19(17)6-8-20(9-7-19)18(22)5-3-13-2-4-14-15(10-13)25-12-24-14/h2,4,10,16-17,21H,3,5-9,11-12H2,1H3/t16-,17+/m0/s1. The molecule has 1 spiro atoms. The first-order valence-corrected chi connectivity index (χ1v) is 8.99. The molecule has 1 aliphatic carbocycles. The van der Waals surface area contributed by atoms with Crippen LogP contribution in [0.5, 0.6) is 11.5 Å². The van der Waals surface area contributed by atoms with Gasteiger partial charge >= 0.3 is 0 Å². The topological polar surface area (TPSA) is 68.2 Å². The molecule has 1 aromatic rings. The number of fused-ring (bicyclic) bond motifs is 1. The van der Waals surface area contributed by atoms with Gasteiger partial charge in [0.15, 0.2) is 11.5 Å². The SMILES string of the molecule is CO[C@@H]1C[C@H](O)C12CCN(C(=O)CCc1ccc3c(c1)OCO3)CC2. The van der Waals surface area contributed by atoms with Crippen LogP contribution in [0.1, 0.15) is 31.2 Å². The van der Waals surface area contributed by atoms with E-state index in [-0.39, 0.29) is 30.3 Å². The van der Waals surface area contributed by atoms with Gasteiger partial charge in [-0.2, -0.15) is 0 Å². The summed E-state index contributed by atoms with van der Waals surface area (Å²) in [5.41, 5.74) is 0.947. The molecule has 2 atom stereocenters. The average Bonchev–Trinajstić information content (AvgIpc) is 3.11. The number of amides is 1. The molecule has 25 heavy (non-hydrogen) atoms. The van der Waals surface area contributed by atoms with Crippen molar-refractivity contribution in [2.24, 2.45) is 5.41 Å². The highest BCUT2D eigenvalue weighted by atomic mass is 16.7. The number of aliphatic hydroxyl groups is 1. The third-order valence-corrected chi connectivity index (χ3v) is 6.14. The summed E-state index contributed by atoms with van der Waals surface area (Å²) < 4.78 is 16.2. The second-order valence-electron chi connectivity index (χ2n) is 7.28. The molecule has 6 heteroatoms. The Hall–Kier alpha value is -1.79. The summed E-state index contributed by atoms with van der Waals surface area (Å²) in [5.74, 6) is 1.70. The fourth-order valence-corrected chi connectivity index (χ4v) is 4.39. The van der Waals surface area contributed by atoms with Crippen molar-refractivity contribution in [3.05, 3.63) is 23.8 Å². The lowest BCUT2D eigenvalue weighted by Gasteiger charge is -2.56. The molecule has 2 heterocycles. The van der Waals surface area contributed by atoms with Gasteiger partial charge < -0.3 is 24.2 Å². The van der Waals surface area contributed by atoms with Crippen LogP contribution in [0.4, 0.5) is 0 Å². The van der Waals surface area contributed by atoms with E-state index in [1.165, 1.54) is 0 Å². The van der Waals surface area contributed by atoms with E-state index in [4.69, 9.17) is 14.2 Å². The zero-order valence-corrected chi connectivity index (χ0v) is 14.6. The van der Waals surface area contributed by atoms with Crippen LogP contribution in [0.2, 0.25) is 0 Å². The minimum absolute atomic E-state index is 0.133. The van der Waals surface area contributed by atoms with Crippen LogP contribution in [0, 0.1) is 5.41 Å². The van der Waals surface area contributed by atoms with Crippen LogP contribution in [0.15, 0.2) is 18.2 Å². The Morgan fingerprint density at radius 3 is 2.80 bits per heavy atom. The van der Waals surface area contributed by atoms with E-state index in [2.05, 4.69) is 0 Å². The smallest absolute Gasteiger partial charge is 0.231 e. The number of hydrogen-bond donors (Lipinski definition) is 1. The van der Waals surface area contributed by atoms with Crippen molar-refractivity contribution in [2.45, 2.75) is 44.3 Å². The minimum Gasteiger partial charge on any atom is -0.454 e. The molecule has 0 aromatic heterocycles. The summed E-state index contributed by atoms with van der Waals surface area (Å²) in [5, 5.41) is 10.2. The van der Waals surface area contributed by atoms with Crippen molar-refractivity contribution in [1.29, 1.82) is 0 Å². The van der Waals surface area contributed by atoms with Gasteiger partial charge in [0.1, 0.15) is 0 Å². The summed E-state index contributed by atoms with van der Waals surface area (Å²) >= 11 is 0. The molecule has 6 nitrogen and oxygen atoms in total. The molecule has 1 aromatic carbocycles. The summed E-state index contributed by atoms with van der Waals surface area (Å²) in [6, 6.07) is 5.84. The van der Waals surface area contributed by atoms with Crippen molar-refractivity contribution in [3.63, 3.8) is 0 Å². The first-order valence-electron chi connectivity index (χ1n) is 8.99. The third-order valence-electron chi connectivity index (χ3n) is 6.14. The molecule has 1 saturated carbocycles. The lowest BCUT2D eigenvalue weighted by Crippen LogP contribution is -2.62. The van der Waals surface area contributed by atoms with Crippen LogP contribution in [-0.4, -0.2) is 55.1 Å². The number of aliphatic hydroxyl groups excluding tert-OH is 1. The van der Waals surface area contributed by atoms with Crippen molar-refractivity contribution in [2.75, 3.05) is 27.0 Å². The molecule has 3 aliphatic rings. The zero-order chi connectivity index (χ0) is 17.4. The molecule has 136 valence electrons. The van der Waals surface area contributed by atoms with E-state index in [0.717, 1.165) is 29.9 Å². The number of methoxy groups -OCH3 is 1. The van der Waals surface area contributed by atoms with Crippen molar-refractivity contribution in [1.82, 2.24) is 4.90 Å². The van der Waals surface area contributed by atoms with Crippen molar-refractivity contribution in [3.8, 4) is 11.5 Å². The van der Waals surface area contributed by atoms with Gasteiger partial charge in [0, 0.05) is 38.5 Å². The Bertz CT molecular complexity index is 653. The Labute approximate surface area is 147 Å². The summed E-state index contributed by atoms with van der Waals surface area (Å²) in [6.07, 6.45) is 3.39. The number of aryl methyl sites for hydroxylation is 1.